The van der Waals surface area contributed by atoms with Crippen molar-refractivity contribution in [2.75, 3.05) is 11.9 Å². The second-order valence-electron chi connectivity index (χ2n) is 10.7. The molecule has 2 aliphatic carbocycles. The number of nitrogens with zero attached hydrogens (tertiary/aromatic N) is 6. The second-order valence-corrected chi connectivity index (χ2v) is 10.7. The van der Waals surface area contributed by atoms with Gasteiger partial charge in [0.05, 0.1) is 17.2 Å². The number of fused-ring (bicyclic) bond motifs is 3. The SMILES string of the molecule is N#CC1(c2cccc(-n3c4nc(Nc5ccc6c(c5)CNCC65CC5)ncc4c(=O)n3CC(F)(F)F)n2)CC1. The molecule has 12 heteroatoms. The fourth-order valence-electron chi connectivity index (χ4n) is 5.58. The van der Waals surface area contributed by atoms with E-state index in [1.165, 1.54) is 23.4 Å². The summed E-state index contributed by atoms with van der Waals surface area (Å²) in [7, 11) is 0. The van der Waals surface area contributed by atoms with Crippen LogP contribution in [0, 0.1) is 11.3 Å². The van der Waals surface area contributed by atoms with Gasteiger partial charge in [-0.15, -0.1) is 0 Å². The predicted molar refractivity (Wildman–Crippen MR) is 136 cm³/mol. The number of anilines is 2. The Bertz CT molecular complexity index is 1740. The lowest BCUT2D eigenvalue weighted by Gasteiger charge is -2.26. The summed E-state index contributed by atoms with van der Waals surface area (Å²) in [6.45, 7) is 0.197. The highest BCUT2D eigenvalue weighted by Crippen LogP contribution is 2.51. The molecule has 1 spiro atoms. The zero-order chi connectivity index (χ0) is 27.0. The molecule has 0 atom stereocenters. The fourth-order valence-corrected chi connectivity index (χ4v) is 5.58. The number of pyridine rings is 1. The Morgan fingerprint density at radius 2 is 1.95 bits per heavy atom. The number of hydrogen-bond donors (Lipinski definition) is 2. The minimum Gasteiger partial charge on any atom is -0.324 e. The van der Waals surface area contributed by atoms with Gasteiger partial charge in [0.2, 0.25) is 5.95 Å². The molecule has 4 heterocycles. The maximum atomic E-state index is 13.6. The van der Waals surface area contributed by atoms with Crippen molar-refractivity contribution >= 4 is 22.7 Å². The van der Waals surface area contributed by atoms with E-state index < -0.39 is 23.7 Å². The summed E-state index contributed by atoms with van der Waals surface area (Å²) in [4.78, 5) is 26.3. The van der Waals surface area contributed by atoms with E-state index >= 15 is 0 Å². The Balaban J connectivity index is 1.32. The van der Waals surface area contributed by atoms with Crippen LogP contribution < -0.4 is 16.2 Å². The lowest BCUT2D eigenvalue weighted by molar-refractivity contribution is -0.144. The van der Waals surface area contributed by atoms with Crippen molar-refractivity contribution in [3.05, 3.63) is 69.8 Å². The molecule has 0 radical (unpaired) electrons. The van der Waals surface area contributed by atoms with E-state index in [9.17, 15) is 23.2 Å². The van der Waals surface area contributed by atoms with E-state index in [1.807, 2.05) is 12.1 Å². The molecular weight excluding hydrogens is 509 g/mol. The number of nitrogens with one attached hydrogen (secondary N) is 2. The van der Waals surface area contributed by atoms with Gasteiger partial charge in [-0.05, 0) is 61.1 Å². The minimum atomic E-state index is -4.66. The first-order valence-corrected chi connectivity index (χ1v) is 12.8. The number of halogens is 3. The van der Waals surface area contributed by atoms with Crippen LogP contribution in [0.25, 0.3) is 16.9 Å². The number of alkyl halides is 3. The maximum Gasteiger partial charge on any atom is 0.408 e. The first-order valence-electron chi connectivity index (χ1n) is 12.8. The molecule has 0 unspecified atom stereocenters. The highest BCUT2D eigenvalue weighted by molar-refractivity contribution is 5.77. The first-order chi connectivity index (χ1) is 18.7. The van der Waals surface area contributed by atoms with Crippen LogP contribution in [0.4, 0.5) is 24.8 Å². The van der Waals surface area contributed by atoms with Crippen LogP contribution in [0.5, 0.6) is 0 Å². The Kier molecular flexibility index (Phi) is 4.97. The Hall–Kier alpha value is -4.24. The average molecular weight is 533 g/mol. The summed E-state index contributed by atoms with van der Waals surface area (Å²) in [5.74, 6) is 0.210. The highest BCUT2D eigenvalue weighted by atomic mass is 19.4. The molecular formula is C27H23F3N8O. The van der Waals surface area contributed by atoms with Crippen LogP contribution in [0.1, 0.15) is 42.5 Å². The van der Waals surface area contributed by atoms with Crippen molar-refractivity contribution in [3.63, 3.8) is 0 Å². The Morgan fingerprint density at radius 3 is 2.67 bits per heavy atom. The largest absolute Gasteiger partial charge is 0.408 e. The number of nitriles is 1. The Morgan fingerprint density at radius 1 is 1.13 bits per heavy atom. The summed E-state index contributed by atoms with van der Waals surface area (Å²) < 4.78 is 42.3. The molecule has 3 aliphatic rings. The maximum absolute atomic E-state index is 13.6. The summed E-state index contributed by atoms with van der Waals surface area (Å²) in [5, 5.41) is 16.1. The fraction of sp³-hybridized carbons (Fsp3) is 0.370. The van der Waals surface area contributed by atoms with E-state index in [0.29, 0.717) is 23.2 Å². The van der Waals surface area contributed by atoms with Crippen molar-refractivity contribution in [1.29, 1.82) is 5.26 Å². The molecule has 3 aromatic heterocycles. The number of benzene rings is 1. The molecule has 39 heavy (non-hydrogen) atoms. The molecule has 198 valence electrons. The quantitative estimate of drug-likeness (QED) is 0.400. The molecule has 2 fully saturated rings. The second kappa shape index (κ2) is 8.13. The average Bonchev–Trinajstić information content (AvgIpc) is 3.84. The molecule has 1 aromatic carbocycles. The van der Waals surface area contributed by atoms with Crippen molar-refractivity contribution in [2.24, 2.45) is 0 Å². The van der Waals surface area contributed by atoms with Crippen LogP contribution in [-0.2, 0) is 23.9 Å². The summed E-state index contributed by atoms with van der Waals surface area (Å²) >= 11 is 0. The van der Waals surface area contributed by atoms with Gasteiger partial charge in [0, 0.05) is 30.4 Å². The normalized spacial score (nSPS) is 18.5. The third kappa shape index (κ3) is 3.96. The van der Waals surface area contributed by atoms with E-state index in [0.717, 1.165) is 36.3 Å². The van der Waals surface area contributed by atoms with Crippen molar-refractivity contribution in [1.82, 2.24) is 29.6 Å². The zero-order valence-electron chi connectivity index (χ0n) is 20.7. The lowest BCUT2D eigenvalue weighted by atomic mass is 9.88. The monoisotopic (exact) mass is 532 g/mol. The van der Waals surface area contributed by atoms with Gasteiger partial charge in [0.25, 0.3) is 5.56 Å². The van der Waals surface area contributed by atoms with Crippen LogP contribution in [0.15, 0.2) is 47.4 Å². The van der Waals surface area contributed by atoms with Crippen LogP contribution in [-0.4, -0.2) is 37.0 Å². The van der Waals surface area contributed by atoms with Gasteiger partial charge in [-0.3, -0.25) is 4.79 Å². The number of aromatic nitrogens is 5. The van der Waals surface area contributed by atoms with Crippen LogP contribution in [0.3, 0.4) is 0 Å². The van der Waals surface area contributed by atoms with E-state index in [1.54, 1.807) is 12.1 Å². The third-order valence-electron chi connectivity index (χ3n) is 7.98. The van der Waals surface area contributed by atoms with Gasteiger partial charge in [-0.1, -0.05) is 12.1 Å². The molecule has 2 saturated carbocycles. The lowest BCUT2D eigenvalue weighted by Crippen LogP contribution is -2.33. The summed E-state index contributed by atoms with van der Waals surface area (Å²) in [6, 6.07) is 13.1. The van der Waals surface area contributed by atoms with Gasteiger partial charge in [0.1, 0.15) is 11.9 Å². The summed E-state index contributed by atoms with van der Waals surface area (Å²) in [5.41, 5.74) is 2.31. The Labute approximate surface area is 220 Å². The minimum absolute atomic E-state index is 0.00948. The molecule has 0 saturated heterocycles. The molecule has 1 aliphatic heterocycles. The van der Waals surface area contributed by atoms with Crippen LogP contribution >= 0.6 is 0 Å². The smallest absolute Gasteiger partial charge is 0.324 e. The van der Waals surface area contributed by atoms with E-state index in [2.05, 4.69) is 37.7 Å². The molecule has 4 aromatic rings. The van der Waals surface area contributed by atoms with Crippen molar-refractivity contribution < 1.29 is 13.2 Å². The van der Waals surface area contributed by atoms with E-state index in [4.69, 9.17) is 0 Å². The van der Waals surface area contributed by atoms with Gasteiger partial charge in [-0.2, -0.15) is 23.4 Å². The van der Waals surface area contributed by atoms with E-state index in [-0.39, 0.29) is 28.2 Å². The molecule has 0 amide bonds. The first kappa shape index (κ1) is 23.8. The van der Waals surface area contributed by atoms with Crippen molar-refractivity contribution in [2.45, 2.75) is 55.8 Å². The van der Waals surface area contributed by atoms with Gasteiger partial charge >= 0.3 is 6.18 Å². The summed E-state index contributed by atoms with van der Waals surface area (Å²) in [6.07, 6.45) is 0.137. The van der Waals surface area contributed by atoms with Gasteiger partial charge < -0.3 is 10.6 Å². The standard InChI is InChI=1S/C27H23F3N8O/c28-27(29,30)15-37-23(39)18-12-33-24(34-17-4-5-19-16(10-17)11-32-14-26(19)8-9-26)36-22(18)38(37)21-3-1-2-20(35-21)25(13-31)6-7-25/h1-5,10,12,32H,6-9,11,14-15H2,(H,33,34,36). The molecule has 9 nitrogen and oxygen atoms in total. The molecule has 0 bridgehead atoms. The number of hydrogen-bond acceptors (Lipinski definition) is 7. The highest BCUT2D eigenvalue weighted by Gasteiger charge is 2.47. The van der Waals surface area contributed by atoms with Gasteiger partial charge in [-0.25, -0.2) is 19.3 Å². The third-order valence-corrected chi connectivity index (χ3v) is 7.98. The number of rotatable bonds is 5. The molecule has 2 N–H and O–H groups in total. The van der Waals surface area contributed by atoms with Crippen LogP contribution in [0.2, 0.25) is 0 Å². The predicted octanol–water partition coefficient (Wildman–Crippen LogP) is 3.97. The zero-order valence-corrected chi connectivity index (χ0v) is 20.7. The van der Waals surface area contributed by atoms with Gasteiger partial charge in [0.15, 0.2) is 11.5 Å². The topological polar surface area (TPSA) is 113 Å². The van der Waals surface area contributed by atoms with Crippen molar-refractivity contribution in [3.8, 4) is 11.9 Å². The molecule has 7 rings (SSSR count).